The number of nitrogens with two attached hydrogens (primary N) is 1. The van der Waals surface area contributed by atoms with Crippen LogP contribution in [0.25, 0.3) is 0 Å². The fraction of sp³-hybridized carbons (Fsp3) is 0.467. The van der Waals surface area contributed by atoms with E-state index in [1.54, 1.807) is 12.1 Å². The van der Waals surface area contributed by atoms with E-state index in [4.69, 9.17) is 5.73 Å². The average molecular weight is 308 g/mol. The Morgan fingerprint density at radius 2 is 2.14 bits per heavy atom. The minimum Gasteiger partial charge on any atom is -0.480 e. The molecular weight excluding hydrogens is 288 g/mol. The van der Waals surface area contributed by atoms with Crippen LogP contribution in [0.3, 0.4) is 0 Å². The fourth-order valence-electron chi connectivity index (χ4n) is 2.58. The smallest absolute Gasteiger partial charge is 0.327 e. The Morgan fingerprint density at radius 1 is 1.43 bits per heavy atom. The van der Waals surface area contributed by atoms with Gasteiger partial charge in [0, 0.05) is 11.3 Å². The second-order valence-corrected chi connectivity index (χ2v) is 6.17. The van der Waals surface area contributed by atoms with E-state index in [-0.39, 0.29) is 11.3 Å². The third-order valence-corrected chi connectivity index (χ3v) is 5.08. The summed E-state index contributed by atoms with van der Waals surface area (Å²) in [6, 6.07) is 6.54. The molecule has 6 heteroatoms. The van der Waals surface area contributed by atoms with Gasteiger partial charge < -0.3 is 15.7 Å². The summed E-state index contributed by atoms with van der Waals surface area (Å²) in [7, 11) is 0. The van der Waals surface area contributed by atoms with Gasteiger partial charge in [0.1, 0.15) is 6.04 Å². The van der Waals surface area contributed by atoms with Gasteiger partial charge in [-0.1, -0.05) is 25.1 Å². The van der Waals surface area contributed by atoms with E-state index in [0.29, 0.717) is 24.3 Å². The maximum Gasteiger partial charge on any atom is 0.327 e. The van der Waals surface area contributed by atoms with Gasteiger partial charge in [-0.05, 0) is 31.0 Å². The van der Waals surface area contributed by atoms with Crippen LogP contribution < -0.4 is 5.73 Å². The number of hydrogen-bond donors (Lipinski definition) is 2. The summed E-state index contributed by atoms with van der Waals surface area (Å²) in [6.07, 6.45) is 1.34. The van der Waals surface area contributed by atoms with Crippen molar-refractivity contribution in [2.24, 2.45) is 5.73 Å². The molecule has 0 saturated carbocycles. The van der Waals surface area contributed by atoms with Crippen molar-refractivity contribution in [1.29, 1.82) is 0 Å². The molecule has 0 radical (unpaired) electrons. The number of rotatable bonds is 5. The van der Waals surface area contributed by atoms with Crippen LogP contribution in [0.15, 0.2) is 24.3 Å². The summed E-state index contributed by atoms with van der Waals surface area (Å²) in [5.74, 6) is -0.704. The molecule has 0 spiro atoms. The molecule has 1 aromatic rings. The standard InChI is InChI=1S/C15H20N2O3S/c1-2-13-17(12(9-21-13)15(19)20)14(18)11-6-4-3-5-10(11)7-8-16/h3-6,12-13H,2,7-9,16H2,1H3,(H,19,20). The molecule has 2 atom stereocenters. The highest BCUT2D eigenvalue weighted by atomic mass is 32.2. The van der Waals surface area contributed by atoms with E-state index >= 15 is 0 Å². The number of hydrogen-bond acceptors (Lipinski definition) is 4. The fourth-order valence-corrected chi connectivity index (χ4v) is 3.93. The average Bonchev–Trinajstić information content (AvgIpc) is 2.91. The largest absolute Gasteiger partial charge is 0.480 e. The Balaban J connectivity index is 2.34. The zero-order valence-electron chi connectivity index (χ0n) is 12.0. The lowest BCUT2D eigenvalue weighted by atomic mass is 10.0. The number of nitrogens with zero attached hydrogens (tertiary/aromatic N) is 1. The van der Waals surface area contributed by atoms with Gasteiger partial charge in [-0.25, -0.2) is 4.79 Å². The molecule has 2 unspecified atom stereocenters. The van der Waals surface area contributed by atoms with Crippen LogP contribution in [0.5, 0.6) is 0 Å². The Bertz CT molecular complexity index is 535. The highest BCUT2D eigenvalue weighted by Crippen LogP contribution is 2.33. The van der Waals surface area contributed by atoms with E-state index in [1.807, 2.05) is 19.1 Å². The molecule has 1 amide bonds. The molecule has 1 aliphatic rings. The lowest BCUT2D eigenvalue weighted by molar-refractivity contribution is -0.141. The number of carbonyl (C=O) groups is 2. The lowest BCUT2D eigenvalue weighted by Crippen LogP contribution is -2.45. The summed E-state index contributed by atoms with van der Waals surface area (Å²) < 4.78 is 0. The number of aliphatic carboxylic acids is 1. The minimum atomic E-state index is -0.942. The number of benzene rings is 1. The molecule has 21 heavy (non-hydrogen) atoms. The Morgan fingerprint density at radius 3 is 2.76 bits per heavy atom. The summed E-state index contributed by atoms with van der Waals surface area (Å²) in [5, 5.41) is 9.26. The number of carbonyl (C=O) groups excluding carboxylic acids is 1. The summed E-state index contributed by atoms with van der Waals surface area (Å²) in [5.41, 5.74) is 7.03. The highest BCUT2D eigenvalue weighted by molar-refractivity contribution is 8.00. The van der Waals surface area contributed by atoms with Crippen molar-refractivity contribution in [3.8, 4) is 0 Å². The van der Waals surface area contributed by atoms with Gasteiger partial charge in [0.05, 0.1) is 5.37 Å². The van der Waals surface area contributed by atoms with Gasteiger partial charge in [-0.3, -0.25) is 4.79 Å². The molecule has 1 heterocycles. The van der Waals surface area contributed by atoms with Crippen molar-refractivity contribution < 1.29 is 14.7 Å². The van der Waals surface area contributed by atoms with Gasteiger partial charge in [0.2, 0.25) is 0 Å². The maximum atomic E-state index is 12.8. The summed E-state index contributed by atoms with van der Waals surface area (Å²) in [6.45, 7) is 2.42. The monoisotopic (exact) mass is 308 g/mol. The number of thioether (sulfide) groups is 1. The first-order valence-corrected chi connectivity index (χ1v) is 8.10. The number of carboxylic acid groups (broad SMARTS) is 1. The van der Waals surface area contributed by atoms with Gasteiger partial charge in [-0.2, -0.15) is 0 Å². The van der Waals surface area contributed by atoms with Crippen molar-refractivity contribution in [2.45, 2.75) is 31.2 Å². The number of amides is 1. The molecule has 114 valence electrons. The van der Waals surface area contributed by atoms with Gasteiger partial charge in [0.15, 0.2) is 0 Å². The van der Waals surface area contributed by atoms with Crippen LogP contribution in [0.1, 0.15) is 29.3 Å². The molecular formula is C15H20N2O3S. The topological polar surface area (TPSA) is 83.6 Å². The molecule has 5 nitrogen and oxygen atoms in total. The first-order valence-electron chi connectivity index (χ1n) is 7.05. The van der Waals surface area contributed by atoms with E-state index < -0.39 is 12.0 Å². The Hall–Kier alpha value is -1.53. The van der Waals surface area contributed by atoms with Gasteiger partial charge in [0.25, 0.3) is 5.91 Å². The van der Waals surface area contributed by atoms with E-state index in [2.05, 4.69) is 0 Å². The van der Waals surface area contributed by atoms with E-state index in [1.165, 1.54) is 16.7 Å². The SMILES string of the molecule is CCC1SCC(C(=O)O)N1C(=O)c1ccccc1CCN. The molecule has 1 saturated heterocycles. The van der Waals surface area contributed by atoms with Crippen molar-refractivity contribution in [3.05, 3.63) is 35.4 Å². The summed E-state index contributed by atoms with van der Waals surface area (Å²) >= 11 is 1.53. The minimum absolute atomic E-state index is 0.0791. The van der Waals surface area contributed by atoms with Crippen LogP contribution in [-0.2, 0) is 11.2 Å². The van der Waals surface area contributed by atoms with Crippen molar-refractivity contribution in [1.82, 2.24) is 4.90 Å². The van der Waals surface area contributed by atoms with Crippen LogP contribution in [-0.4, -0.2) is 45.6 Å². The molecule has 1 fully saturated rings. The van der Waals surface area contributed by atoms with Crippen LogP contribution >= 0.6 is 11.8 Å². The second kappa shape index (κ2) is 6.95. The third kappa shape index (κ3) is 3.22. The van der Waals surface area contributed by atoms with Crippen molar-refractivity contribution in [3.63, 3.8) is 0 Å². The molecule has 3 N–H and O–H groups in total. The molecule has 1 aliphatic heterocycles. The number of carboxylic acids is 1. The van der Waals surface area contributed by atoms with Crippen LogP contribution in [0.2, 0.25) is 0 Å². The van der Waals surface area contributed by atoms with E-state index in [9.17, 15) is 14.7 Å². The first-order chi connectivity index (χ1) is 10.1. The Kier molecular flexibility index (Phi) is 5.25. The lowest BCUT2D eigenvalue weighted by Gasteiger charge is -2.27. The predicted octanol–water partition coefficient (Wildman–Crippen LogP) is 1.57. The van der Waals surface area contributed by atoms with Gasteiger partial charge in [-0.15, -0.1) is 11.8 Å². The molecule has 0 aliphatic carbocycles. The predicted molar refractivity (Wildman–Crippen MR) is 83.3 cm³/mol. The van der Waals surface area contributed by atoms with E-state index in [0.717, 1.165) is 12.0 Å². The third-order valence-electron chi connectivity index (χ3n) is 3.62. The Labute approximate surface area is 128 Å². The van der Waals surface area contributed by atoms with Crippen molar-refractivity contribution >= 4 is 23.6 Å². The molecule has 0 aromatic heterocycles. The highest BCUT2D eigenvalue weighted by Gasteiger charge is 2.41. The van der Waals surface area contributed by atoms with Crippen LogP contribution in [0.4, 0.5) is 0 Å². The van der Waals surface area contributed by atoms with Crippen molar-refractivity contribution in [2.75, 3.05) is 12.3 Å². The molecule has 0 bridgehead atoms. The molecule has 1 aromatic carbocycles. The zero-order chi connectivity index (χ0) is 15.4. The zero-order valence-corrected chi connectivity index (χ0v) is 12.8. The van der Waals surface area contributed by atoms with Gasteiger partial charge >= 0.3 is 5.97 Å². The first kappa shape index (κ1) is 15.9. The van der Waals surface area contributed by atoms with Crippen LogP contribution in [0, 0.1) is 0 Å². The maximum absolute atomic E-state index is 12.8. The normalized spacial score (nSPS) is 21.5. The quantitative estimate of drug-likeness (QED) is 0.862. The second-order valence-electron chi connectivity index (χ2n) is 4.96. The summed E-state index contributed by atoms with van der Waals surface area (Å²) in [4.78, 5) is 25.7. The molecule has 2 rings (SSSR count).